The van der Waals surface area contributed by atoms with Crippen molar-refractivity contribution < 1.29 is 19.2 Å². The molecule has 1 aromatic heterocycles. The zero-order valence-corrected chi connectivity index (χ0v) is 16.6. The molecule has 1 aromatic carbocycles. The van der Waals surface area contributed by atoms with Crippen LogP contribution in [-0.4, -0.2) is 23.4 Å². The molecule has 2 aromatic rings. The zero-order valence-electron chi connectivity index (χ0n) is 15.8. The first-order chi connectivity index (χ1) is 13.9. The number of nitro benzene ring substituents is 1. The van der Waals surface area contributed by atoms with E-state index in [1.807, 2.05) is 0 Å². The van der Waals surface area contributed by atoms with Crippen LogP contribution < -0.4 is 5.32 Å². The first-order valence-corrected chi connectivity index (χ1v) is 9.93. The average molecular weight is 413 g/mol. The van der Waals surface area contributed by atoms with E-state index in [9.17, 15) is 25.0 Å². The first-order valence-electron chi connectivity index (χ1n) is 9.11. The maximum absolute atomic E-state index is 12.2. The van der Waals surface area contributed by atoms with Gasteiger partial charge in [0, 0.05) is 16.5 Å². The smallest absolute Gasteiger partial charge is 0.311 e. The van der Waals surface area contributed by atoms with Crippen molar-refractivity contribution in [3.8, 4) is 6.07 Å². The normalized spacial score (nSPS) is 15.1. The summed E-state index contributed by atoms with van der Waals surface area (Å²) in [5.74, 6) is -0.752. The molecule has 1 atom stereocenters. The molecule has 1 aliphatic rings. The Hall–Kier alpha value is -3.25. The van der Waals surface area contributed by atoms with E-state index >= 15 is 0 Å². The molecule has 0 spiro atoms. The molecule has 8 nitrogen and oxygen atoms in total. The van der Waals surface area contributed by atoms with Crippen LogP contribution in [0.4, 0.5) is 10.7 Å². The van der Waals surface area contributed by atoms with Gasteiger partial charge in [0.2, 0.25) is 0 Å². The summed E-state index contributed by atoms with van der Waals surface area (Å²) in [4.78, 5) is 35.7. The third kappa shape index (κ3) is 4.78. The lowest BCUT2D eigenvalue weighted by atomic mass is 9.89. The van der Waals surface area contributed by atoms with Gasteiger partial charge in [0.1, 0.15) is 11.1 Å². The van der Waals surface area contributed by atoms with E-state index in [0.717, 1.165) is 29.7 Å². The Balaban J connectivity index is 1.59. The summed E-state index contributed by atoms with van der Waals surface area (Å²) in [6, 6.07) is 8.03. The Morgan fingerprint density at radius 2 is 2.17 bits per heavy atom. The van der Waals surface area contributed by atoms with Crippen molar-refractivity contribution in [2.75, 3.05) is 11.9 Å². The van der Waals surface area contributed by atoms with Crippen molar-refractivity contribution in [3.63, 3.8) is 0 Å². The summed E-state index contributed by atoms with van der Waals surface area (Å²) < 4.78 is 4.96. The zero-order chi connectivity index (χ0) is 21.0. The van der Waals surface area contributed by atoms with Gasteiger partial charge < -0.3 is 10.1 Å². The summed E-state index contributed by atoms with van der Waals surface area (Å²) in [6.07, 6.45) is 2.40. The van der Waals surface area contributed by atoms with E-state index in [0.29, 0.717) is 16.5 Å². The molecule has 0 radical (unpaired) electrons. The Morgan fingerprint density at radius 1 is 1.41 bits per heavy atom. The molecule has 1 amide bonds. The molecular formula is C20H19N3O5S. The number of anilines is 1. The predicted octanol–water partition coefficient (Wildman–Crippen LogP) is 3.38. The molecule has 29 heavy (non-hydrogen) atoms. The highest BCUT2D eigenvalue weighted by Gasteiger charge is 2.25. The van der Waals surface area contributed by atoms with E-state index in [1.165, 1.54) is 29.5 Å². The molecule has 1 aliphatic carbocycles. The Bertz CT molecular complexity index is 1010. The van der Waals surface area contributed by atoms with Crippen molar-refractivity contribution in [2.45, 2.75) is 32.6 Å². The SMILES string of the molecule is C[C@H]1CCc2c(sc(NC(=O)COC(=O)Cc3ccccc3[N+](=O)[O-])c2C#N)C1. The largest absolute Gasteiger partial charge is 0.455 e. The fourth-order valence-electron chi connectivity index (χ4n) is 3.31. The van der Waals surface area contributed by atoms with Crippen molar-refractivity contribution in [3.05, 3.63) is 55.9 Å². The second kappa shape index (κ2) is 8.84. The molecule has 0 saturated carbocycles. The van der Waals surface area contributed by atoms with Crippen molar-refractivity contribution in [1.29, 1.82) is 5.26 Å². The van der Waals surface area contributed by atoms with Gasteiger partial charge in [0.05, 0.1) is 16.9 Å². The highest BCUT2D eigenvalue weighted by molar-refractivity contribution is 7.16. The molecule has 0 fully saturated rings. The number of nitrogens with one attached hydrogen (secondary N) is 1. The third-order valence-corrected chi connectivity index (χ3v) is 5.93. The van der Waals surface area contributed by atoms with E-state index in [1.54, 1.807) is 6.07 Å². The van der Waals surface area contributed by atoms with Crippen LogP contribution in [0.3, 0.4) is 0 Å². The Kier molecular flexibility index (Phi) is 6.24. The standard InChI is InChI=1S/C20H19N3O5S/c1-12-6-7-14-15(10-21)20(29-17(14)8-12)22-18(24)11-28-19(25)9-13-4-2-3-5-16(13)23(26)27/h2-5,12H,6-9,11H2,1H3,(H,22,24)/t12-/m0/s1. The number of carbonyl (C=O) groups is 2. The number of hydrogen-bond acceptors (Lipinski definition) is 7. The molecular weight excluding hydrogens is 394 g/mol. The highest BCUT2D eigenvalue weighted by atomic mass is 32.1. The maximum Gasteiger partial charge on any atom is 0.311 e. The first kappa shape index (κ1) is 20.5. The molecule has 0 aliphatic heterocycles. The maximum atomic E-state index is 12.2. The summed E-state index contributed by atoms with van der Waals surface area (Å²) >= 11 is 1.39. The lowest BCUT2D eigenvalue weighted by Gasteiger charge is -2.17. The number of thiophene rings is 1. The summed E-state index contributed by atoms with van der Waals surface area (Å²) in [5.41, 5.74) is 1.52. The molecule has 0 unspecified atom stereocenters. The van der Waals surface area contributed by atoms with Gasteiger partial charge in [-0.1, -0.05) is 25.1 Å². The van der Waals surface area contributed by atoms with Crippen LogP contribution in [0.5, 0.6) is 0 Å². The van der Waals surface area contributed by atoms with Gasteiger partial charge in [-0.15, -0.1) is 11.3 Å². The third-order valence-electron chi connectivity index (χ3n) is 4.76. The summed E-state index contributed by atoms with van der Waals surface area (Å²) in [6.45, 7) is 1.63. The number of rotatable bonds is 6. The molecule has 9 heteroatoms. The Morgan fingerprint density at radius 3 is 2.90 bits per heavy atom. The minimum absolute atomic E-state index is 0.175. The van der Waals surface area contributed by atoms with Crippen molar-refractivity contribution in [1.82, 2.24) is 0 Å². The topological polar surface area (TPSA) is 122 Å². The number of nitrogens with zero attached hydrogens (tertiary/aromatic N) is 2. The van der Waals surface area contributed by atoms with Gasteiger partial charge in [0.25, 0.3) is 11.6 Å². The number of ether oxygens (including phenoxy) is 1. The number of hydrogen-bond donors (Lipinski definition) is 1. The van der Waals surface area contributed by atoms with Gasteiger partial charge in [-0.3, -0.25) is 19.7 Å². The Labute approximate surface area is 171 Å². The van der Waals surface area contributed by atoms with Gasteiger partial charge in [-0.25, -0.2) is 0 Å². The number of nitro groups is 1. The molecule has 150 valence electrons. The fraction of sp³-hybridized carbons (Fsp3) is 0.350. The molecule has 1 N–H and O–H groups in total. The minimum Gasteiger partial charge on any atom is -0.455 e. The lowest BCUT2D eigenvalue weighted by Crippen LogP contribution is -2.21. The number of amides is 1. The van der Waals surface area contributed by atoms with E-state index in [4.69, 9.17) is 4.74 Å². The van der Waals surface area contributed by atoms with Gasteiger partial charge in [-0.05, 0) is 30.7 Å². The monoisotopic (exact) mass is 413 g/mol. The number of nitriles is 1. The van der Waals surface area contributed by atoms with Crippen LogP contribution in [0.1, 0.15) is 34.9 Å². The number of para-hydroxylation sites is 1. The van der Waals surface area contributed by atoms with Crippen LogP contribution >= 0.6 is 11.3 Å². The average Bonchev–Trinajstić information content (AvgIpc) is 3.02. The fourth-order valence-corrected chi connectivity index (χ4v) is 4.69. The van der Waals surface area contributed by atoms with Crippen LogP contribution in [0.2, 0.25) is 0 Å². The lowest BCUT2D eigenvalue weighted by molar-refractivity contribution is -0.385. The number of benzene rings is 1. The van der Waals surface area contributed by atoms with Gasteiger partial charge in [0.15, 0.2) is 6.61 Å². The number of carbonyl (C=O) groups excluding carboxylic acids is 2. The van der Waals surface area contributed by atoms with E-state index in [2.05, 4.69) is 18.3 Å². The van der Waals surface area contributed by atoms with Crippen LogP contribution in [0.25, 0.3) is 0 Å². The van der Waals surface area contributed by atoms with E-state index in [-0.39, 0.29) is 17.7 Å². The molecule has 1 heterocycles. The predicted molar refractivity (Wildman–Crippen MR) is 107 cm³/mol. The highest BCUT2D eigenvalue weighted by Crippen LogP contribution is 2.39. The van der Waals surface area contributed by atoms with Gasteiger partial charge in [-0.2, -0.15) is 5.26 Å². The van der Waals surface area contributed by atoms with Crippen LogP contribution in [0, 0.1) is 27.4 Å². The second-order valence-electron chi connectivity index (χ2n) is 6.94. The molecule has 0 saturated heterocycles. The quantitative estimate of drug-likeness (QED) is 0.440. The van der Waals surface area contributed by atoms with Gasteiger partial charge >= 0.3 is 5.97 Å². The van der Waals surface area contributed by atoms with Crippen molar-refractivity contribution >= 4 is 33.9 Å². The second-order valence-corrected chi connectivity index (χ2v) is 8.04. The number of fused-ring (bicyclic) bond motifs is 1. The molecule has 0 bridgehead atoms. The minimum atomic E-state index is -0.741. The number of esters is 1. The van der Waals surface area contributed by atoms with E-state index < -0.39 is 23.4 Å². The molecule has 3 rings (SSSR count). The van der Waals surface area contributed by atoms with Crippen molar-refractivity contribution in [2.24, 2.45) is 5.92 Å². The summed E-state index contributed by atoms with van der Waals surface area (Å²) in [7, 11) is 0. The summed E-state index contributed by atoms with van der Waals surface area (Å²) in [5, 5.41) is 23.6. The van der Waals surface area contributed by atoms with Crippen LogP contribution in [0.15, 0.2) is 24.3 Å². The van der Waals surface area contributed by atoms with Crippen LogP contribution in [-0.2, 0) is 33.6 Å².